The second kappa shape index (κ2) is 8.44. The standard InChI is InChI=1S/C12H26N2O3/c1-4-12(8-15,9-16)14-7-11(17)13-6-5-10(2)3/h10,14-16H,4-9H2,1-3H3,(H,13,17). The molecule has 4 N–H and O–H groups in total. The number of hydrogen-bond donors (Lipinski definition) is 4. The molecule has 0 heterocycles. The van der Waals surface area contributed by atoms with Gasteiger partial charge < -0.3 is 15.5 Å². The first-order valence-electron chi connectivity index (χ1n) is 6.23. The van der Waals surface area contributed by atoms with E-state index in [1.54, 1.807) is 0 Å². The lowest BCUT2D eigenvalue weighted by atomic mass is 9.98. The minimum atomic E-state index is -0.755. The highest BCUT2D eigenvalue weighted by Crippen LogP contribution is 2.07. The predicted octanol–water partition coefficient (Wildman–Crippen LogP) is -0.128. The van der Waals surface area contributed by atoms with Crippen LogP contribution in [0.4, 0.5) is 0 Å². The highest BCUT2D eigenvalue weighted by molar-refractivity contribution is 5.78. The maximum Gasteiger partial charge on any atom is 0.233 e. The third-order valence-corrected chi connectivity index (χ3v) is 2.95. The van der Waals surface area contributed by atoms with Crippen LogP contribution in [0.3, 0.4) is 0 Å². The van der Waals surface area contributed by atoms with Crippen LogP contribution in [0.5, 0.6) is 0 Å². The summed E-state index contributed by atoms with van der Waals surface area (Å²) in [7, 11) is 0. The van der Waals surface area contributed by atoms with E-state index in [1.165, 1.54) is 0 Å². The summed E-state index contributed by atoms with van der Waals surface area (Å²) in [6.07, 6.45) is 1.52. The zero-order valence-corrected chi connectivity index (χ0v) is 11.1. The number of amides is 1. The fourth-order valence-corrected chi connectivity index (χ4v) is 1.34. The molecular formula is C12H26N2O3. The third kappa shape index (κ3) is 6.61. The first-order chi connectivity index (χ1) is 7.99. The number of carbonyl (C=O) groups is 1. The number of hydrogen-bond acceptors (Lipinski definition) is 4. The minimum Gasteiger partial charge on any atom is -0.394 e. The lowest BCUT2D eigenvalue weighted by molar-refractivity contribution is -0.120. The second-order valence-corrected chi connectivity index (χ2v) is 4.84. The summed E-state index contributed by atoms with van der Waals surface area (Å²) in [6, 6.07) is 0. The van der Waals surface area contributed by atoms with Gasteiger partial charge in [0.1, 0.15) is 0 Å². The van der Waals surface area contributed by atoms with Gasteiger partial charge in [-0.2, -0.15) is 0 Å². The molecule has 0 spiro atoms. The first kappa shape index (κ1) is 16.4. The molecule has 0 fully saturated rings. The Morgan fingerprint density at radius 1 is 1.29 bits per heavy atom. The van der Waals surface area contributed by atoms with Gasteiger partial charge in [0.25, 0.3) is 0 Å². The van der Waals surface area contributed by atoms with E-state index in [4.69, 9.17) is 0 Å². The molecule has 0 aliphatic rings. The molecule has 5 heteroatoms. The van der Waals surface area contributed by atoms with Crippen LogP contribution in [-0.2, 0) is 4.79 Å². The highest BCUT2D eigenvalue weighted by Gasteiger charge is 2.26. The van der Waals surface area contributed by atoms with Crippen LogP contribution in [0, 0.1) is 5.92 Å². The average Bonchev–Trinajstić information content (AvgIpc) is 2.31. The van der Waals surface area contributed by atoms with E-state index >= 15 is 0 Å². The minimum absolute atomic E-state index is 0.106. The lowest BCUT2D eigenvalue weighted by Gasteiger charge is -2.29. The van der Waals surface area contributed by atoms with E-state index in [1.807, 2.05) is 6.92 Å². The summed E-state index contributed by atoms with van der Waals surface area (Å²) < 4.78 is 0. The molecule has 0 saturated heterocycles. The van der Waals surface area contributed by atoms with Crippen LogP contribution >= 0.6 is 0 Å². The number of carbonyl (C=O) groups excluding carboxylic acids is 1. The quantitative estimate of drug-likeness (QED) is 0.457. The van der Waals surface area contributed by atoms with Crippen molar-refractivity contribution < 1.29 is 15.0 Å². The maximum atomic E-state index is 11.5. The van der Waals surface area contributed by atoms with Gasteiger partial charge in [0.05, 0.1) is 25.3 Å². The molecule has 0 aromatic heterocycles. The van der Waals surface area contributed by atoms with E-state index < -0.39 is 5.54 Å². The van der Waals surface area contributed by atoms with E-state index in [2.05, 4.69) is 24.5 Å². The van der Waals surface area contributed by atoms with Crippen LogP contribution in [0.25, 0.3) is 0 Å². The molecule has 0 aliphatic carbocycles. The van der Waals surface area contributed by atoms with Crippen molar-refractivity contribution in [1.82, 2.24) is 10.6 Å². The van der Waals surface area contributed by atoms with Gasteiger partial charge in [-0.25, -0.2) is 0 Å². The van der Waals surface area contributed by atoms with Gasteiger partial charge in [-0.05, 0) is 18.8 Å². The number of aliphatic hydroxyl groups is 2. The molecule has 0 aliphatic heterocycles. The summed E-state index contributed by atoms with van der Waals surface area (Å²) in [5.74, 6) is 0.457. The Hall–Kier alpha value is -0.650. The van der Waals surface area contributed by atoms with Crippen molar-refractivity contribution in [2.75, 3.05) is 26.3 Å². The molecule has 17 heavy (non-hydrogen) atoms. The molecular weight excluding hydrogens is 220 g/mol. The molecule has 0 aromatic rings. The smallest absolute Gasteiger partial charge is 0.233 e. The predicted molar refractivity (Wildman–Crippen MR) is 67.7 cm³/mol. The summed E-state index contributed by atoms with van der Waals surface area (Å²) in [6.45, 7) is 6.48. The van der Waals surface area contributed by atoms with Crippen molar-refractivity contribution in [2.24, 2.45) is 5.92 Å². The van der Waals surface area contributed by atoms with Crippen LogP contribution in [0.15, 0.2) is 0 Å². The molecule has 1 amide bonds. The second-order valence-electron chi connectivity index (χ2n) is 4.84. The fourth-order valence-electron chi connectivity index (χ4n) is 1.34. The Kier molecular flexibility index (Phi) is 8.12. The summed E-state index contributed by atoms with van der Waals surface area (Å²) in [5, 5.41) is 24.1. The number of rotatable bonds is 9. The molecule has 0 saturated carbocycles. The zero-order valence-electron chi connectivity index (χ0n) is 11.1. The van der Waals surface area contributed by atoms with Gasteiger partial charge in [0.15, 0.2) is 0 Å². The Morgan fingerprint density at radius 2 is 1.88 bits per heavy atom. The van der Waals surface area contributed by atoms with Gasteiger partial charge in [0, 0.05) is 6.54 Å². The van der Waals surface area contributed by atoms with Gasteiger partial charge in [0.2, 0.25) is 5.91 Å². The van der Waals surface area contributed by atoms with Crippen molar-refractivity contribution in [3.05, 3.63) is 0 Å². The number of nitrogens with one attached hydrogen (secondary N) is 2. The molecule has 5 nitrogen and oxygen atoms in total. The van der Waals surface area contributed by atoms with Crippen molar-refractivity contribution in [3.63, 3.8) is 0 Å². The maximum absolute atomic E-state index is 11.5. The fraction of sp³-hybridized carbons (Fsp3) is 0.917. The van der Waals surface area contributed by atoms with Crippen molar-refractivity contribution in [2.45, 2.75) is 39.2 Å². The largest absolute Gasteiger partial charge is 0.394 e. The summed E-state index contributed by atoms with van der Waals surface area (Å²) >= 11 is 0. The van der Waals surface area contributed by atoms with Gasteiger partial charge in [-0.15, -0.1) is 0 Å². The van der Waals surface area contributed by atoms with Crippen molar-refractivity contribution >= 4 is 5.91 Å². The molecule has 0 rings (SSSR count). The third-order valence-electron chi connectivity index (χ3n) is 2.95. The Balaban J connectivity index is 3.89. The summed E-state index contributed by atoms with van der Waals surface area (Å²) in [5.41, 5.74) is -0.755. The lowest BCUT2D eigenvalue weighted by Crippen LogP contribution is -2.54. The Labute approximate surface area is 104 Å². The van der Waals surface area contributed by atoms with E-state index in [9.17, 15) is 15.0 Å². The molecule has 0 atom stereocenters. The van der Waals surface area contributed by atoms with Crippen molar-refractivity contribution in [1.29, 1.82) is 0 Å². The van der Waals surface area contributed by atoms with Crippen LogP contribution in [-0.4, -0.2) is 48.0 Å². The number of aliphatic hydroxyl groups excluding tert-OH is 2. The topological polar surface area (TPSA) is 81.6 Å². The Bertz CT molecular complexity index is 208. The molecule has 0 radical (unpaired) electrons. The molecule has 0 bridgehead atoms. The SMILES string of the molecule is CCC(CO)(CO)NCC(=O)NCCC(C)C. The van der Waals surface area contributed by atoms with Gasteiger partial charge in [-0.1, -0.05) is 20.8 Å². The van der Waals surface area contributed by atoms with E-state index in [0.717, 1.165) is 6.42 Å². The van der Waals surface area contributed by atoms with E-state index in [0.29, 0.717) is 18.9 Å². The van der Waals surface area contributed by atoms with Crippen molar-refractivity contribution in [3.8, 4) is 0 Å². The summed E-state index contributed by atoms with van der Waals surface area (Å²) in [4.78, 5) is 11.5. The van der Waals surface area contributed by atoms with Gasteiger partial charge >= 0.3 is 0 Å². The zero-order chi connectivity index (χ0) is 13.3. The first-order valence-corrected chi connectivity index (χ1v) is 6.23. The Morgan fingerprint density at radius 3 is 2.29 bits per heavy atom. The van der Waals surface area contributed by atoms with Crippen LogP contribution < -0.4 is 10.6 Å². The van der Waals surface area contributed by atoms with Crippen LogP contribution in [0.2, 0.25) is 0 Å². The van der Waals surface area contributed by atoms with Gasteiger partial charge in [-0.3, -0.25) is 10.1 Å². The van der Waals surface area contributed by atoms with Crippen LogP contribution in [0.1, 0.15) is 33.6 Å². The molecule has 102 valence electrons. The molecule has 0 unspecified atom stereocenters. The molecule has 0 aromatic carbocycles. The monoisotopic (exact) mass is 246 g/mol. The van der Waals surface area contributed by atoms with E-state index in [-0.39, 0.29) is 25.7 Å². The normalized spacial score (nSPS) is 11.9. The average molecular weight is 246 g/mol. The highest BCUT2D eigenvalue weighted by atomic mass is 16.3.